The predicted molar refractivity (Wildman–Crippen MR) is 61.1 cm³/mol. The van der Waals surface area contributed by atoms with E-state index in [0.717, 1.165) is 18.2 Å². The van der Waals surface area contributed by atoms with E-state index in [0.29, 0.717) is 0 Å². The van der Waals surface area contributed by atoms with Gasteiger partial charge in [-0.25, -0.2) is 0 Å². The van der Waals surface area contributed by atoms with Crippen molar-refractivity contribution in [2.75, 3.05) is 0 Å². The number of rotatable bonds is 2. The van der Waals surface area contributed by atoms with E-state index in [4.69, 9.17) is 5.73 Å². The lowest BCUT2D eigenvalue weighted by Gasteiger charge is -2.20. The van der Waals surface area contributed by atoms with Crippen LogP contribution in [-0.2, 0) is 0 Å². The van der Waals surface area contributed by atoms with Crippen LogP contribution in [0.25, 0.3) is 0 Å². The van der Waals surface area contributed by atoms with Gasteiger partial charge in [0.1, 0.15) is 11.8 Å². The fourth-order valence-corrected chi connectivity index (χ4v) is 1.54. The van der Waals surface area contributed by atoms with Gasteiger partial charge in [0.2, 0.25) is 0 Å². The molecule has 0 saturated heterocycles. The summed E-state index contributed by atoms with van der Waals surface area (Å²) in [6.45, 7) is 0. The van der Waals surface area contributed by atoms with Crippen molar-refractivity contribution in [3.8, 4) is 5.75 Å². The third-order valence-corrected chi connectivity index (χ3v) is 2.38. The molecular weight excluding hydrogens is 367 g/mol. The number of halogens is 8. The molecule has 0 aromatic heterocycles. The third kappa shape index (κ3) is 5.45. The Morgan fingerprint density at radius 2 is 1.63 bits per heavy atom. The summed E-state index contributed by atoms with van der Waals surface area (Å²) in [5.41, 5.74) is 4.07. The van der Waals surface area contributed by atoms with Crippen molar-refractivity contribution in [2.24, 2.45) is 5.73 Å². The topological polar surface area (TPSA) is 35.2 Å². The average molecular weight is 375 g/mol. The lowest BCUT2D eigenvalue weighted by Crippen LogP contribution is -2.30. The Bertz CT molecular complexity index is 436. The standard InChI is InChI=1S/C9H6BrF6NO.ClH/c10-4-1-2-6(18-9(14,15)16)5(3-4)7(17)8(11,12)13;/h1-3,7H,17H2;1H/t7-;/m0./s1. The van der Waals surface area contributed by atoms with Crippen LogP contribution in [0.2, 0.25) is 0 Å². The van der Waals surface area contributed by atoms with Crippen LogP contribution in [-0.4, -0.2) is 12.5 Å². The number of hydrogen-bond acceptors (Lipinski definition) is 2. The molecular formula is C9H7BrClF6NO. The van der Waals surface area contributed by atoms with Gasteiger partial charge in [-0.1, -0.05) is 15.9 Å². The van der Waals surface area contributed by atoms with Crippen LogP contribution < -0.4 is 10.5 Å². The summed E-state index contributed by atoms with van der Waals surface area (Å²) in [6.07, 6.45) is -9.96. The van der Waals surface area contributed by atoms with Gasteiger partial charge in [-0.05, 0) is 18.2 Å². The summed E-state index contributed by atoms with van der Waals surface area (Å²) < 4.78 is 76.9. The zero-order chi connectivity index (χ0) is 14.1. The lowest BCUT2D eigenvalue weighted by molar-refractivity contribution is -0.275. The quantitative estimate of drug-likeness (QED) is 0.782. The molecule has 0 bridgehead atoms. The van der Waals surface area contributed by atoms with Crippen LogP contribution >= 0.6 is 28.3 Å². The number of benzene rings is 1. The van der Waals surface area contributed by atoms with E-state index in [2.05, 4.69) is 20.7 Å². The first-order chi connectivity index (χ1) is 8.00. The number of hydrogen-bond donors (Lipinski definition) is 1. The molecule has 2 nitrogen and oxygen atoms in total. The molecule has 19 heavy (non-hydrogen) atoms. The highest BCUT2D eigenvalue weighted by Crippen LogP contribution is 2.38. The molecule has 0 heterocycles. The largest absolute Gasteiger partial charge is 0.573 e. The molecule has 0 saturated carbocycles. The zero-order valence-electron chi connectivity index (χ0n) is 8.85. The maximum absolute atomic E-state index is 12.4. The van der Waals surface area contributed by atoms with E-state index in [9.17, 15) is 26.3 Å². The number of alkyl halides is 6. The van der Waals surface area contributed by atoms with Crippen LogP contribution in [0.1, 0.15) is 11.6 Å². The molecule has 0 amide bonds. The van der Waals surface area contributed by atoms with Crippen molar-refractivity contribution in [2.45, 2.75) is 18.6 Å². The van der Waals surface area contributed by atoms with Gasteiger partial charge in [-0.15, -0.1) is 25.6 Å². The maximum Gasteiger partial charge on any atom is 0.573 e. The fraction of sp³-hybridized carbons (Fsp3) is 0.333. The van der Waals surface area contributed by atoms with Gasteiger partial charge in [-0.3, -0.25) is 0 Å². The van der Waals surface area contributed by atoms with Gasteiger partial charge in [0.15, 0.2) is 0 Å². The monoisotopic (exact) mass is 373 g/mol. The predicted octanol–water partition coefficient (Wildman–Crippen LogP) is 4.33. The van der Waals surface area contributed by atoms with Gasteiger partial charge in [0.05, 0.1) is 0 Å². The minimum absolute atomic E-state index is 0. The van der Waals surface area contributed by atoms with E-state index in [-0.39, 0.29) is 16.9 Å². The van der Waals surface area contributed by atoms with E-state index < -0.39 is 29.9 Å². The van der Waals surface area contributed by atoms with Crippen LogP contribution in [0.5, 0.6) is 5.75 Å². The number of ether oxygens (including phenoxy) is 1. The van der Waals surface area contributed by atoms with Gasteiger partial charge in [0.25, 0.3) is 0 Å². The SMILES string of the molecule is Cl.N[C@@H](c1cc(Br)ccc1OC(F)(F)F)C(F)(F)F. The highest BCUT2D eigenvalue weighted by atomic mass is 79.9. The first-order valence-corrected chi connectivity index (χ1v) is 5.17. The molecule has 0 aliphatic carbocycles. The molecule has 110 valence electrons. The van der Waals surface area contributed by atoms with E-state index in [1.165, 1.54) is 0 Å². The molecule has 2 N–H and O–H groups in total. The van der Waals surface area contributed by atoms with Crippen molar-refractivity contribution in [1.29, 1.82) is 0 Å². The summed E-state index contributed by atoms with van der Waals surface area (Å²) in [5, 5.41) is 0. The second-order valence-corrected chi connectivity index (χ2v) is 4.16. The molecule has 1 rings (SSSR count). The Morgan fingerprint density at radius 3 is 2.05 bits per heavy atom. The molecule has 1 aromatic carbocycles. The third-order valence-electron chi connectivity index (χ3n) is 1.89. The Balaban J connectivity index is 0.00000324. The van der Waals surface area contributed by atoms with Crippen molar-refractivity contribution >= 4 is 28.3 Å². The number of nitrogens with two attached hydrogens (primary N) is 1. The van der Waals surface area contributed by atoms with Gasteiger partial charge >= 0.3 is 12.5 Å². The summed E-state index contributed by atoms with van der Waals surface area (Å²) in [6, 6.07) is 0.151. The average Bonchev–Trinajstić information content (AvgIpc) is 2.16. The van der Waals surface area contributed by atoms with Crippen LogP contribution in [0.3, 0.4) is 0 Å². The molecule has 0 spiro atoms. The van der Waals surface area contributed by atoms with E-state index in [1.807, 2.05) is 0 Å². The molecule has 10 heteroatoms. The molecule has 0 radical (unpaired) electrons. The van der Waals surface area contributed by atoms with Crippen LogP contribution in [0.15, 0.2) is 22.7 Å². The Labute approximate surface area is 118 Å². The Morgan fingerprint density at radius 1 is 1.11 bits per heavy atom. The van der Waals surface area contributed by atoms with Crippen LogP contribution in [0.4, 0.5) is 26.3 Å². The minimum atomic E-state index is -5.09. The summed E-state index contributed by atoms with van der Waals surface area (Å²) >= 11 is 2.85. The highest BCUT2D eigenvalue weighted by molar-refractivity contribution is 9.10. The molecule has 0 aliphatic heterocycles. The molecule has 1 atom stereocenters. The summed E-state index contributed by atoms with van der Waals surface area (Å²) in [7, 11) is 0. The molecule has 0 fully saturated rings. The lowest BCUT2D eigenvalue weighted by atomic mass is 10.1. The smallest absolute Gasteiger partial charge is 0.405 e. The molecule has 0 unspecified atom stereocenters. The van der Waals surface area contributed by atoms with Crippen molar-refractivity contribution in [3.63, 3.8) is 0 Å². The van der Waals surface area contributed by atoms with Gasteiger partial charge in [-0.2, -0.15) is 13.2 Å². The minimum Gasteiger partial charge on any atom is -0.405 e. The second-order valence-electron chi connectivity index (χ2n) is 3.25. The highest BCUT2D eigenvalue weighted by Gasteiger charge is 2.41. The van der Waals surface area contributed by atoms with Gasteiger partial charge in [0, 0.05) is 10.0 Å². The Hall–Kier alpha value is -0.670. The Kier molecular flexibility index (Phi) is 5.97. The van der Waals surface area contributed by atoms with E-state index >= 15 is 0 Å². The molecule has 0 aliphatic rings. The maximum atomic E-state index is 12.4. The second kappa shape index (κ2) is 6.19. The first kappa shape index (κ1) is 18.3. The van der Waals surface area contributed by atoms with Gasteiger partial charge < -0.3 is 10.5 Å². The van der Waals surface area contributed by atoms with Crippen molar-refractivity contribution in [1.82, 2.24) is 0 Å². The summed E-state index contributed by atoms with van der Waals surface area (Å²) in [4.78, 5) is 0. The van der Waals surface area contributed by atoms with Crippen LogP contribution in [0, 0.1) is 0 Å². The fourth-order valence-electron chi connectivity index (χ4n) is 1.16. The van der Waals surface area contributed by atoms with E-state index in [1.54, 1.807) is 0 Å². The molecule has 1 aromatic rings. The normalized spacial score (nSPS) is 13.7. The van der Waals surface area contributed by atoms with Crippen molar-refractivity contribution < 1.29 is 31.1 Å². The summed E-state index contributed by atoms with van der Waals surface area (Å²) in [5.74, 6) is -0.976. The first-order valence-electron chi connectivity index (χ1n) is 4.38. The van der Waals surface area contributed by atoms with Crippen molar-refractivity contribution in [3.05, 3.63) is 28.2 Å². The zero-order valence-corrected chi connectivity index (χ0v) is 11.3.